The van der Waals surface area contributed by atoms with E-state index in [1.165, 1.54) is 23.1 Å². The number of carboxylic acids is 1. The van der Waals surface area contributed by atoms with Crippen LogP contribution in [0.5, 0.6) is 11.5 Å². The lowest BCUT2D eigenvalue weighted by Gasteiger charge is -2.33. The highest BCUT2D eigenvalue weighted by Crippen LogP contribution is 2.44. The highest BCUT2D eigenvalue weighted by Gasteiger charge is 2.46. The van der Waals surface area contributed by atoms with Crippen molar-refractivity contribution >= 4 is 49.7 Å². The van der Waals surface area contributed by atoms with E-state index in [1.54, 1.807) is 44.3 Å². The van der Waals surface area contributed by atoms with Crippen molar-refractivity contribution in [1.82, 2.24) is 9.88 Å². The first kappa shape index (κ1) is 35.3. The first-order chi connectivity index (χ1) is 23.2. The molecule has 0 spiro atoms. The van der Waals surface area contributed by atoms with Crippen LogP contribution in [0.2, 0.25) is 0 Å². The molecule has 13 heteroatoms. The number of amides is 1. The topological polar surface area (TPSA) is 187 Å². The molecule has 1 aliphatic heterocycles. The fourth-order valence-electron chi connectivity index (χ4n) is 6.23. The predicted molar refractivity (Wildman–Crippen MR) is 189 cm³/mol. The molecule has 3 aromatic carbocycles. The number of rotatable bonds is 12. The van der Waals surface area contributed by atoms with E-state index in [-0.39, 0.29) is 35.2 Å². The van der Waals surface area contributed by atoms with Crippen LogP contribution >= 0.6 is 0 Å². The maximum atomic E-state index is 14.9. The summed E-state index contributed by atoms with van der Waals surface area (Å²) < 4.78 is 39.0. The van der Waals surface area contributed by atoms with Crippen molar-refractivity contribution in [2.75, 3.05) is 29.9 Å². The summed E-state index contributed by atoms with van der Waals surface area (Å²) in [5.41, 5.74) is 13.8. The number of carbonyl (C=O) groups is 2. The molecule has 6 N–H and O–H groups in total. The van der Waals surface area contributed by atoms with Gasteiger partial charge < -0.3 is 36.3 Å². The normalized spacial score (nSPS) is 17.0. The van der Waals surface area contributed by atoms with Gasteiger partial charge in [-0.25, -0.2) is 13.4 Å². The number of pyridine rings is 1. The molecule has 260 valence electrons. The van der Waals surface area contributed by atoms with E-state index in [0.717, 1.165) is 10.8 Å². The molecule has 1 saturated heterocycles. The summed E-state index contributed by atoms with van der Waals surface area (Å²) in [6.45, 7) is 9.17. The van der Waals surface area contributed by atoms with Crippen LogP contribution in [0.1, 0.15) is 64.3 Å². The fraction of sp³-hybridized carbons (Fsp3) is 0.361. The molecule has 1 amide bonds. The number of nitrogens with zero attached hydrogens (tertiary/aromatic N) is 2. The number of sulfone groups is 1. The summed E-state index contributed by atoms with van der Waals surface area (Å²) >= 11 is 0. The number of anilines is 3. The molecule has 1 fully saturated rings. The average molecular weight is 690 g/mol. The monoisotopic (exact) mass is 689 g/mol. The van der Waals surface area contributed by atoms with Gasteiger partial charge in [-0.2, -0.15) is 0 Å². The number of aromatic nitrogens is 1. The summed E-state index contributed by atoms with van der Waals surface area (Å²) in [4.78, 5) is 33.2. The van der Waals surface area contributed by atoms with Gasteiger partial charge in [-0.3, -0.25) is 9.59 Å². The third-order valence-corrected chi connectivity index (χ3v) is 10.8. The van der Waals surface area contributed by atoms with E-state index >= 15 is 0 Å². The van der Waals surface area contributed by atoms with Gasteiger partial charge >= 0.3 is 5.97 Å². The maximum absolute atomic E-state index is 14.9. The van der Waals surface area contributed by atoms with Gasteiger partial charge in [0.2, 0.25) is 5.91 Å². The molecule has 49 heavy (non-hydrogen) atoms. The Morgan fingerprint density at radius 2 is 1.78 bits per heavy atom. The summed E-state index contributed by atoms with van der Waals surface area (Å²) in [7, 11) is -3.88. The second-order valence-electron chi connectivity index (χ2n) is 12.6. The molecule has 2 heterocycles. The highest BCUT2D eigenvalue weighted by atomic mass is 32.2. The van der Waals surface area contributed by atoms with Crippen molar-refractivity contribution < 1.29 is 32.6 Å². The number of nitrogens with one attached hydrogen (secondary N) is 1. The van der Waals surface area contributed by atoms with Gasteiger partial charge in [0.25, 0.3) is 0 Å². The van der Waals surface area contributed by atoms with Crippen molar-refractivity contribution in [2.45, 2.75) is 69.4 Å². The number of ether oxygens (including phenoxy) is 2. The van der Waals surface area contributed by atoms with Crippen LogP contribution in [0.25, 0.3) is 10.8 Å². The predicted octanol–water partition coefficient (Wildman–Crippen LogP) is 5.59. The number of hydrogen-bond donors (Lipinski definition) is 4. The Bertz CT molecular complexity index is 1980. The van der Waals surface area contributed by atoms with Crippen LogP contribution in [0.15, 0.2) is 71.8 Å². The molecule has 5 rings (SSSR count). The van der Waals surface area contributed by atoms with E-state index in [9.17, 15) is 23.1 Å². The molecule has 0 aliphatic carbocycles. The van der Waals surface area contributed by atoms with E-state index in [1.807, 2.05) is 39.0 Å². The molecular formula is C36H43N5O7S. The standard InChI is InChI=1S/C36H43N5O7S/c1-6-47-30-18-23(7-11-29(30)48-20(2)3)32(40-25-9-10-26-22(17-25)13-15-39-34(26)38)35(42)41-16-14-27(36(43)44)33(41)28-19-24(37)8-12-31(28)49(45,46)21(4)5/h7-13,15,17-21,27,32-33,40H,6,14,16,37H2,1-5H3,(H2,38,39)(H,43,44). The third kappa shape index (κ3) is 7.21. The number of aliphatic carboxylic acids is 1. The molecule has 1 aromatic heterocycles. The zero-order valence-electron chi connectivity index (χ0n) is 28.2. The van der Waals surface area contributed by atoms with Crippen LogP contribution < -0.4 is 26.3 Å². The van der Waals surface area contributed by atoms with Crippen molar-refractivity contribution in [3.63, 3.8) is 0 Å². The molecular weight excluding hydrogens is 646 g/mol. The second-order valence-corrected chi connectivity index (χ2v) is 15.1. The Hall–Kier alpha value is -5.04. The molecule has 1 aliphatic rings. The lowest BCUT2D eigenvalue weighted by molar-refractivity contribution is -0.143. The third-order valence-electron chi connectivity index (χ3n) is 8.59. The van der Waals surface area contributed by atoms with Crippen molar-refractivity contribution in [3.8, 4) is 11.5 Å². The number of carbonyl (C=O) groups excluding carboxylic acids is 1. The number of likely N-dealkylation sites (tertiary alicyclic amines) is 1. The zero-order valence-corrected chi connectivity index (χ0v) is 29.0. The quantitative estimate of drug-likeness (QED) is 0.136. The van der Waals surface area contributed by atoms with Crippen LogP contribution in [0.4, 0.5) is 17.2 Å². The van der Waals surface area contributed by atoms with Gasteiger partial charge in [0, 0.05) is 29.5 Å². The summed E-state index contributed by atoms with van der Waals surface area (Å²) in [5, 5.41) is 14.5. The zero-order chi connectivity index (χ0) is 35.6. The van der Waals surface area contributed by atoms with Gasteiger partial charge in [0.05, 0.1) is 34.8 Å². The number of nitrogens with two attached hydrogens (primary N) is 2. The van der Waals surface area contributed by atoms with Crippen molar-refractivity contribution in [1.29, 1.82) is 0 Å². The SMILES string of the molecule is CCOc1cc(C(Nc2ccc3c(N)nccc3c2)C(=O)N2CCC(C(=O)O)C2c2cc(N)ccc2S(=O)(=O)C(C)C)ccc1OC(C)C. The number of benzene rings is 3. The molecule has 0 radical (unpaired) electrons. The maximum Gasteiger partial charge on any atom is 0.309 e. The van der Waals surface area contributed by atoms with Gasteiger partial charge in [0.1, 0.15) is 11.9 Å². The largest absolute Gasteiger partial charge is 0.490 e. The van der Waals surface area contributed by atoms with Crippen LogP contribution in [-0.4, -0.2) is 59.8 Å². The Morgan fingerprint density at radius 3 is 2.45 bits per heavy atom. The van der Waals surface area contributed by atoms with Crippen LogP contribution in [0.3, 0.4) is 0 Å². The Labute approximate surface area is 286 Å². The van der Waals surface area contributed by atoms with Crippen molar-refractivity contribution in [2.24, 2.45) is 5.92 Å². The van der Waals surface area contributed by atoms with Crippen LogP contribution in [0, 0.1) is 5.92 Å². The molecule has 0 bridgehead atoms. The molecule has 3 atom stereocenters. The first-order valence-electron chi connectivity index (χ1n) is 16.2. The first-order valence-corrected chi connectivity index (χ1v) is 17.8. The number of nitrogen functional groups attached to an aromatic ring is 2. The minimum atomic E-state index is -3.88. The number of hydrogen-bond acceptors (Lipinski definition) is 10. The minimum Gasteiger partial charge on any atom is -0.490 e. The minimum absolute atomic E-state index is 0.0493. The van der Waals surface area contributed by atoms with Gasteiger partial charge in [-0.15, -0.1) is 0 Å². The number of fused-ring (bicyclic) bond motifs is 1. The molecule has 4 aromatic rings. The second kappa shape index (κ2) is 14.2. The summed E-state index contributed by atoms with van der Waals surface area (Å²) in [6, 6.07) is 14.6. The Balaban J connectivity index is 1.66. The highest BCUT2D eigenvalue weighted by molar-refractivity contribution is 7.92. The summed E-state index contributed by atoms with van der Waals surface area (Å²) in [6.07, 6.45) is 1.58. The van der Waals surface area contributed by atoms with Gasteiger partial charge in [-0.1, -0.05) is 6.07 Å². The smallest absolute Gasteiger partial charge is 0.309 e. The fourth-order valence-corrected chi connectivity index (χ4v) is 7.50. The molecule has 0 saturated carbocycles. The number of carboxylic acid groups (broad SMARTS) is 1. The van der Waals surface area contributed by atoms with Crippen LogP contribution in [-0.2, 0) is 19.4 Å². The van der Waals surface area contributed by atoms with E-state index in [2.05, 4.69) is 10.3 Å². The molecule has 12 nitrogen and oxygen atoms in total. The average Bonchev–Trinajstić information content (AvgIpc) is 3.50. The van der Waals surface area contributed by atoms with E-state index in [0.29, 0.717) is 35.2 Å². The lowest BCUT2D eigenvalue weighted by atomic mass is 9.92. The Kier molecular flexibility index (Phi) is 10.2. The summed E-state index contributed by atoms with van der Waals surface area (Å²) in [5.74, 6) is -1.37. The molecule has 3 unspecified atom stereocenters. The van der Waals surface area contributed by atoms with Crippen molar-refractivity contribution in [3.05, 3.63) is 78.0 Å². The van der Waals surface area contributed by atoms with Gasteiger partial charge in [-0.05, 0) is 112 Å². The van der Waals surface area contributed by atoms with E-state index in [4.69, 9.17) is 20.9 Å². The Morgan fingerprint density at radius 1 is 1.02 bits per heavy atom. The lowest BCUT2D eigenvalue weighted by Crippen LogP contribution is -2.40. The van der Waals surface area contributed by atoms with Gasteiger partial charge in [0.15, 0.2) is 21.3 Å². The van der Waals surface area contributed by atoms with E-state index < -0.39 is 45.0 Å².